The van der Waals surface area contributed by atoms with Gasteiger partial charge in [-0.15, -0.1) is 16.4 Å². The van der Waals surface area contributed by atoms with E-state index in [1.54, 1.807) is 26.0 Å². The third kappa shape index (κ3) is 4.09. The molecule has 0 atom stereocenters. The first-order chi connectivity index (χ1) is 13.4. The summed E-state index contributed by atoms with van der Waals surface area (Å²) in [6.45, 7) is 3.38. The van der Waals surface area contributed by atoms with E-state index in [-0.39, 0.29) is 24.2 Å². The number of carbonyl (C=O) groups excluding carboxylic acids is 2. The van der Waals surface area contributed by atoms with Crippen LogP contribution in [0.2, 0.25) is 0 Å². The molecule has 3 aromatic rings. The molecule has 0 aliphatic rings. The normalized spacial score (nSPS) is 10.9. The fourth-order valence-corrected chi connectivity index (χ4v) is 3.25. The van der Waals surface area contributed by atoms with Gasteiger partial charge in [0.1, 0.15) is 12.4 Å². The first-order valence-corrected chi connectivity index (χ1v) is 9.43. The summed E-state index contributed by atoms with van der Waals surface area (Å²) in [4.78, 5) is 31.2. The molecule has 28 heavy (non-hydrogen) atoms. The lowest BCUT2D eigenvalue weighted by Gasteiger charge is -2.23. The lowest BCUT2D eigenvalue weighted by atomic mass is 10.3. The van der Waals surface area contributed by atoms with E-state index in [9.17, 15) is 14.0 Å². The molecule has 0 radical (unpaired) electrons. The molecule has 0 spiro atoms. The number of methoxy groups -OCH3 is 1. The molecule has 0 aliphatic carbocycles. The quantitative estimate of drug-likeness (QED) is 0.592. The van der Waals surface area contributed by atoms with E-state index in [4.69, 9.17) is 0 Å². The van der Waals surface area contributed by atoms with Crippen LogP contribution in [0.3, 0.4) is 0 Å². The second-order valence-electron chi connectivity index (χ2n) is 6.23. The molecule has 146 valence electrons. The maximum absolute atomic E-state index is 13.3. The van der Waals surface area contributed by atoms with Crippen molar-refractivity contribution < 1.29 is 18.7 Å². The fourth-order valence-electron chi connectivity index (χ4n) is 2.55. The average Bonchev–Trinajstić information content (AvgIpc) is 3.35. The monoisotopic (exact) mass is 402 g/mol. The molecule has 0 fully saturated rings. The zero-order valence-corrected chi connectivity index (χ0v) is 16.4. The van der Waals surface area contributed by atoms with E-state index >= 15 is 0 Å². The van der Waals surface area contributed by atoms with Crippen LogP contribution in [0.1, 0.15) is 24.5 Å². The molecule has 0 saturated carbocycles. The van der Waals surface area contributed by atoms with E-state index < -0.39 is 11.9 Å². The zero-order valence-electron chi connectivity index (χ0n) is 15.6. The van der Waals surface area contributed by atoms with Gasteiger partial charge in [-0.25, -0.2) is 14.1 Å². The number of benzene rings is 1. The van der Waals surface area contributed by atoms with Crippen LogP contribution < -0.4 is 0 Å². The number of amides is 1. The number of halogens is 1. The Kier molecular flexibility index (Phi) is 5.84. The van der Waals surface area contributed by atoms with Gasteiger partial charge in [0, 0.05) is 6.04 Å². The number of nitrogens with zero attached hydrogens (tertiary/aromatic N) is 4. The first-order valence-electron chi connectivity index (χ1n) is 8.55. The van der Waals surface area contributed by atoms with Crippen molar-refractivity contribution in [2.45, 2.75) is 19.9 Å². The molecule has 7 nitrogen and oxygen atoms in total. The van der Waals surface area contributed by atoms with E-state index in [0.717, 1.165) is 4.88 Å². The van der Waals surface area contributed by atoms with E-state index in [2.05, 4.69) is 14.8 Å². The van der Waals surface area contributed by atoms with Gasteiger partial charge < -0.3 is 9.64 Å². The van der Waals surface area contributed by atoms with Crippen molar-refractivity contribution in [2.75, 3.05) is 13.7 Å². The van der Waals surface area contributed by atoms with Gasteiger partial charge in [-0.2, -0.15) is 0 Å². The van der Waals surface area contributed by atoms with Crippen LogP contribution in [0.15, 0.2) is 41.8 Å². The lowest BCUT2D eigenvalue weighted by molar-refractivity contribution is -0.141. The highest BCUT2D eigenvalue weighted by molar-refractivity contribution is 7.13. The second-order valence-corrected chi connectivity index (χ2v) is 7.18. The predicted octanol–water partition coefficient (Wildman–Crippen LogP) is 3.16. The maximum Gasteiger partial charge on any atom is 0.325 e. The molecule has 2 aromatic heterocycles. The maximum atomic E-state index is 13.3. The van der Waals surface area contributed by atoms with E-state index in [1.807, 2.05) is 17.5 Å². The number of rotatable bonds is 6. The van der Waals surface area contributed by atoms with E-state index in [0.29, 0.717) is 11.5 Å². The first kappa shape index (κ1) is 19.7. The minimum atomic E-state index is -0.529. The highest BCUT2D eigenvalue weighted by Gasteiger charge is 2.27. The zero-order chi connectivity index (χ0) is 20.3. The SMILES string of the molecule is COC(=O)CN(C(=O)c1nc(-c2cccs2)n(-c2ccc(F)cc2)n1)C(C)C. The molecular formula is C19H19FN4O3S. The standard InChI is InChI=1S/C19H19FN4O3S/c1-12(2)23(11-16(25)27-3)19(26)17-21-18(15-5-4-10-28-15)24(22-17)14-8-6-13(20)7-9-14/h4-10,12H,11H2,1-3H3. The number of thiophene rings is 1. The van der Waals surface area contributed by atoms with Crippen molar-refractivity contribution in [3.8, 4) is 16.4 Å². The van der Waals surface area contributed by atoms with Crippen LogP contribution in [0.25, 0.3) is 16.4 Å². The summed E-state index contributed by atoms with van der Waals surface area (Å²) < 4.78 is 19.5. The van der Waals surface area contributed by atoms with Gasteiger partial charge in [-0.1, -0.05) is 6.07 Å². The van der Waals surface area contributed by atoms with Gasteiger partial charge in [0.05, 0.1) is 17.7 Å². The summed E-state index contributed by atoms with van der Waals surface area (Å²) in [7, 11) is 1.27. The fraction of sp³-hybridized carbons (Fsp3) is 0.263. The highest BCUT2D eigenvalue weighted by atomic mass is 32.1. The van der Waals surface area contributed by atoms with Gasteiger partial charge in [-0.05, 0) is 49.6 Å². The highest BCUT2D eigenvalue weighted by Crippen LogP contribution is 2.26. The van der Waals surface area contributed by atoms with Gasteiger partial charge in [0.25, 0.3) is 5.91 Å². The Morgan fingerprint density at radius 2 is 1.96 bits per heavy atom. The molecule has 0 N–H and O–H groups in total. The summed E-state index contributed by atoms with van der Waals surface area (Å²) in [6, 6.07) is 9.21. The molecule has 9 heteroatoms. The summed E-state index contributed by atoms with van der Waals surface area (Å²) in [6.07, 6.45) is 0. The number of hydrogen-bond donors (Lipinski definition) is 0. The van der Waals surface area contributed by atoms with Crippen molar-refractivity contribution in [2.24, 2.45) is 0 Å². The van der Waals surface area contributed by atoms with Crippen molar-refractivity contribution in [1.82, 2.24) is 19.7 Å². The Morgan fingerprint density at radius 3 is 2.54 bits per heavy atom. The topological polar surface area (TPSA) is 77.3 Å². The summed E-state index contributed by atoms with van der Waals surface area (Å²) >= 11 is 1.45. The predicted molar refractivity (Wildman–Crippen MR) is 103 cm³/mol. The molecule has 2 heterocycles. The van der Waals surface area contributed by atoms with Crippen LogP contribution in [0, 0.1) is 5.82 Å². The number of ether oxygens (including phenoxy) is 1. The number of aromatic nitrogens is 3. The van der Waals surface area contributed by atoms with Gasteiger partial charge in [-0.3, -0.25) is 9.59 Å². The van der Waals surface area contributed by atoms with Crippen molar-refractivity contribution in [1.29, 1.82) is 0 Å². The van der Waals surface area contributed by atoms with Crippen molar-refractivity contribution in [3.05, 3.63) is 53.4 Å². The molecule has 1 aromatic carbocycles. The Bertz CT molecular complexity index is 968. The van der Waals surface area contributed by atoms with Gasteiger partial charge >= 0.3 is 5.97 Å². The van der Waals surface area contributed by atoms with Crippen LogP contribution >= 0.6 is 11.3 Å². The lowest BCUT2D eigenvalue weighted by Crippen LogP contribution is -2.41. The Balaban J connectivity index is 2.04. The molecular weight excluding hydrogens is 383 g/mol. The minimum Gasteiger partial charge on any atom is -0.468 e. The minimum absolute atomic E-state index is 0.0506. The van der Waals surface area contributed by atoms with Crippen LogP contribution in [-0.2, 0) is 9.53 Å². The molecule has 0 saturated heterocycles. The smallest absolute Gasteiger partial charge is 0.325 e. The number of esters is 1. The average molecular weight is 402 g/mol. The number of carbonyl (C=O) groups is 2. The largest absolute Gasteiger partial charge is 0.468 e. The second kappa shape index (κ2) is 8.30. The molecule has 3 rings (SSSR count). The van der Waals surface area contributed by atoms with E-state index in [1.165, 1.54) is 40.2 Å². The Labute approximate surface area is 165 Å². The summed E-state index contributed by atoms with van der Waals surface area (Å²) in [5.41, 5.74) is 0.570. The van der Waals surface area contributed by atoms with Gasteiger partial charge in [0.15, 0.2) is 5.82 Å². The van der Waals surface area contributed by atoms with Crippen LogP contribution in [0.4, 0.5) is 4.39 Å². The molecule has 1 amide bonds. The van der Waals surface area contributed by atoms with Crippen LogP contribution in [0.5, 0.6) is 0 Å². The Hall–Kier alpha value is -3.07. The molecule has 0 aliphatic heterocycles. The summed E-state index contributed by atoms with van der Waals surface area (Å²) in [5, 5.41) is 6.24. The summed E-state index contributed by atoms with van der Waals surface area (Å²) in [5.74, 6) is -0.975. The third-order valence-corrected chi connectivity index (χ3v) is 4.89. The Morgan fingerprint density at radius 1 is 1.25 bits per heavy atom. The number of hydrogen-bond acceptors (Lipinski definition) is 6. The third-order valence-electron chi connectivity index (χ3n) is 4.02. The molecule has 0 bridgehead atoms. The van der Waals surface area contributed by atoms with Crippen molar-refractivity contribution in [3.63, 3.8) is 0 Å². The van der Waals surface area contributed by atoms with Crippen molar-refractivity contribution >= 4 is 23.2 Å². The van der Waals surface area contributed by atoms with Gasteiger partial charge in [0.2, 0.25) is 5.82 Å². The van der Waals surface area contributed by atoms with Crippen LogP contribution in [-0.4, -0.2) is 51.2 Å². The molecule has 0 unspecified atom stereocenters.